The zero-order chi connectivity index (χ0) is 15.9. The number of hydrogen-bond acceptors (Lipinski definition) is 4. The Labute approximate surface area is 129 Å². The summed E-state index contributed by atoms with van der Waals surface area (Å²) in [6.07, 6.45) is 0.829. The van der Waals surface area contributed by atoms with Gasteiger partial charge in [0.25, 0.3) is 0 Å². The Balaban J connectivity index is 2.15. The molecule has 0 aliphatic rings. The Kier molecular flexibility index (Phi) is 5.31. The summed E-state index contributed by atoms with van der Waals surface area (Å²) in [7, 11) is 0. The van der Waals surface area contributed by atoms with Gasteiger partial charge in [-0.15, -0.1) is 0 Å². The molecule has 0 aliphatic heterocycles. The van der Waals surface area contributed by atoms with Gasteiger partial charge in [-0.05, 0) is 48.7 Å². The molecule has 114 valence electrons. The number of aryl methyl sites for hydroxylation is 1. The van der Waals surface area contributed by atoms with Crippen molar-refractivity contribution in [3.63, 3.8) is 0 Å². The highest BCUT2D eigenvalue weighted by atomic mass is 16.6. The quantitative estimate of drug-likeness (QED) is 0.605. The summed E-state index contributed by atoms with van der Waals surface area (Å²) < 4.78 is 10.2. The van der Waals surface area contributed by atoms with Gasteiger partial charge in [0.2, 0.25) is 0 Å². The summed E-state index contributed by atoms with van der Waals surface area (Å²) in [6.45, 7) is 3.95. The van der Waals surface area contributed by atoms with Gasteiger partial charge in [-0.1, -0.05) is 24.3 Å². The topological polar surface area (TPSA) is 52.6 Å². The molecule has 0 aromatic heterocycles. The normalized spacial score (nSPS) is 10.1. The first-order chi connectivity index (χ1) is 10.6. The minimum absolute atomic E-state index is 0.104. The average molecular weight is 298 g/mol. The van der Waals surface area contributed by atoms with Crippen molar-refractivity contribution in [2.45, 2.75) is 13.8 Å². The molecule has 4 heteroatoms. The highest BCUT2D eigenvalue weighted by Crippen LogP contribution is 2.27. The zero-order valence-corrected chi connectivity index (χ0v) is 12.7. The van der Waals surface area contributed by atoms with Crippen molar-refractivity contribution in [3.05, 3.63) is 53.6 Å². The first kappa shape index (κ1) is 15.8. The van der Waals surface area contributed by atoms with Gasteiger partial charge in [-0.25, -0.2) is 4.79 Å². The maximum absolute atomic E-state index is 11.3. The van der Waals surface area contributed by atoms with Crippen LogP contribution in [0.3, 0.4) is 0 Å². The van der Waals surface area contributed by atoms with E-state index in [-0.39, 0.29) is 12.6 Å². The monoisotopic (exact) mass is 298 g/mol. The van der Waals surface area contributed by atoms with Crippen molar-refractivity contribution in [1.29, 1.82) is 0 Å². The Morgan fingerprint density at radius 2 is 2.00 bits per heavy atom. The summed E-state index contributed by atoms with van der Waals surface area (Å²) in [5.41, 5.74) is 3.63. The third kappa shape index (κ3) is 3.95. The Bertz CT molecular complexity index is 677. The molecule has 0 fully saturated rings. The Hall–Kier alpha value is -2.62. The number of aldehydes is 1. The molecule has 22 heavy (non-hydrogen) atoms. The Morgan fingerprint density at radius 1 is 1.18 bits per heavy atom. The minimum atomic E-state index is -0.386. The molecule has 0 amide bonds. The lowest BCUT2D eigenvalue weighted by atomic mass is 9.99. The van der Waals surface area contributed by atoms with Crippen LogP contribution < -0.4 is 4.74 Å². The predicted molar refractivity (Wildman–Crippen MR) is 84.1 cm³/mol. The molecular formula is C18H18O4. The summed E-state index contributed by atoms with van der Waals surface area (Å²) in [5.74, 6) is 0.226. The van der Waals surface area contributed by atoms with Crippen LogP contribution in [0.15, 0.2) is 42.5 Å². The van der Waals surface area contributed by atoms with Crippen molar-refractivity contribution in [1.82, 2.24) is 0 Å². The summed E-state index contributed by atoms with van der Waals surface area (Å²) in [6, 6.07) is 13.0. The second-order valence-electron chi connectivity index (χ2n) is 4.81. The summed E-state index contributed by atoms with van der Waals surface area (Å²) in [4.78, 5) is 22.1. The fourth-order valence-electron chi connectivity index (χ4n) is 2.17. The molecule has 0 heterocycles. The molecule has 0 N–H and O–H groups in total. The molecule has 0 atom stereocenters. The number of esters is 1. The van der Waals surface area contributed by atoms with Crippen molar-refractivity contribution < 1.29 is 19.1 Å². The molecule has 0 bridgehead atoms. The molecule has 2 aromatic carbocycles. The Morgan fingerprint density at radius 3 is 2.68 bits per heavy atom. The lowest BCUT2D eigenvalue weighted by Crippen LogP contribution is -2.14. The molecule has 4 nitrogen and oxygen atoms in total. The maximum Gasteiger partial charge on any atom is 0.344 e. The molecule has 0 saturated carbocycles. The van der Waals surface area contributed by atoms with Gasteiger partial charge < -0.3 is 9.47 Å². The van der Waals surface area contributed by atoms with E-state index in [1.54, 1.807) is 19.1 Å². The van der Waals surface area contributed by atoms with Crippen molar-refractivity contribution in [2.24, 2.45) is 0 Å². The molecule has 0 unspecified atom stereocenters. The van der Waals surface area contributed by atoms with E-state index >= 15 is 0 Å². The number of carbonyl (C=O) groups is 2. The zero-order valence-electron chi connectivity index (χ0n) is 12.7. The van der Waals surface area contributed by atoms with Gasteiger partial charge in [0, 0.05) is 5.56 Å². The molecular weight excluding hydrogens is 280 g/mol. The molecule has 0 aliphatic carbocycles. The SMILES string of the molecule is CCOC(=O)COc1ccc(-c2cccc(C=O)c2)c(C)c1. The highest BCUT2D eigenvalue weighted by molar-refractivity contribution is 5.79. The molecule has 2 aromatic rings. The van der Waals surface area contributed by atoms with Crippen molar-refractivity contribution in [2.75, 3.05) is 13.2 Å². The van der Waals surface area contributed by atoms with E-state index in [2.05, 4.69) is 0 Å². The van der Waals surface area contributed by atoms with E-state index in [0.717, 1.165) is 23.0 Å². The van der Waals surface area contributed by atoms with Gasteiger partial charge >= 0.3 is 5.97 Å². The third-order valence-corrected chi connectivity index (χ3v) is 3.19. The van der Waals surface area contributed by atoms with Crippen LogP contribution in [-0.4, -0.2) is 25.5 Å². The fraction of sp³-hybridized carbons (Fsp3) is 0.222. The van der Waals surface area contributed by atoms with Gasteiger partial charge in [-0.3, -0.25) is 4.79 Å². The van der Waals surface area contributed by atoms with Crippen LogP contribution in [0.5, 0.6) is 5.75 Å². The summed E-state index contributed by atoms with van der Waals surface area (Å²) in [5, 5.41) is 0. The van der Waals surface area contributed by atoms with E-state index in [4.69, 9.17) is 9.47 Å². The van der Waals surface area contributed by atoms with E-state index in [9.17, 15) is 9.59 Å². The van der Waals surface area contributed by atoms with Crippen LogP contribution >= 0.6 is 0 Å². The largest absolute Gasteiger partial charge is 0.482 e. The molecule has 2 rings (SSSR count). The standard InChI is InChI=1S/C18H18O4/c1-3-21-18(20)12-22-16-7-8-17(13(2)9-16)15-6-4-5-14(10-15)11-19/h4-11H,3,12H2,1-2H3. The second-order valence-corrected chi connectivity index (χ2v) is 4.81. The summed E-state index contributed by atoms with van der Waals surface area (Å²) >= 11 is 0. The molecule has 0 radical (unpaired) electrons. The van der Waals surface area contributed by atoms with Crippen LogP contribution in [-0.2, 0) is 9.53 Å². The van der Waals surface area contributed by atoms with E-state index in [0.29, 0.717) is 17.9 Å². The van der Waals surface area contributed by atoms with Crippen LogP contribution in [0, 0.1) is 6.92 Å². The smallest absolute Gasteiger partial charge is 0.344 e. The van der Waals surface area contributed by atoms with Gasteiger partial charge in [0.1, 0.15) is 12.0 Å². The predicted octanol–water partition coefficient (Wildman–Crippen LogP) is 3.42. The minimum Gasteiger partial charge on any atom is -0.482 e. The van der Waals surface area contributed by atoms with Crippen LogP contribution in [0.25, 0.3) is 11.1 Å². The van der Waals surface area contributed by atoms with E-state index < -0.39 is 0 Å². The lowest BCUT2D eigenvalue weighted by molar-refractivity contribution is -0.145. The first-order valence-corrected chi connectivity index (χ1v) is 7.08. The molecule has 0 spiro atoms. The van der Waals surface area contributed by atoms with Crippen molar-refractivity contribution in [3.8, 4) is 16.9 Å². The fourth-order valence-corrected chi connectivity index (χ4v) is 2.17. The highest BCUT2D eigenvalue weighted by Gasteiger charge is 2.07. The lowest BCUT2D eigenvalue weighted by Gasteiger charge is -2.10. The second kappa shape index (κ2) is 7.41. The van der Waals surface area contributed by atoms with Crippen molar-refractivity contribution >= 4 is 12.3 Å². The van der Waals surface area contributed by atoms with Gasteiger partial charge in [0.05, 0.1) is 6.61 Å². The van der Waals surface area contributed by atoms with Crippen LogP contribution in [0.4, 0.5) is 0 Å². The number of hydrogen-bond donors (Lipinski definition) is 0. The van der Waals surface area contributed by atoms with Gasteiger partial charge in [0.15, 0.2) is 6.61 Å². The molecule has 0 saturated heterocycles. The number of benzene rings is 2. The van der Waals surface area contributed by atoms with Gasteiger partial charge in [-0.2, -0.15) is 0 Å². The number of ether oxygens (including phenoxy) is 2. The third-order valence-electron chi connectivity index (χ3n) is 3.19. The van der Waals surface area contributed by atoms with E-state index in [1.807, 2.05) is 37.3 Å². The average Bonchev–Trinajstić information content (AvgIpc) is 2.53. The first-order valence-electron chi connectivity index (χ1n) is 7.08. The maximum atomic E-state index is 11.3. The number of rotatable bonds is 6. The van der Waals surface area contributed by atoms with Crippen LogP contribution in [0.1, 0.15) is 22.8 Å². The number of carbonyl (C=O) groups excluding carboxylic acids is 2. The van der Waals surface area contributed by atoms with Crippen LogP contribution in [0.2, 0.25) is 0 Å². The van der Waals surface area contributed by atoms with E-state index in [1.165, 1.54) is 0 Å².